The van der Waals surface area contributed by atoms with Crippen LogP contribution < -0.4 is 4.74 Å². The summed E-state index contributed by atoms with van der Waals surface area (Å²) in [7, 11) is 0. The molecule has 0 atom stereocenters. The van der Waals surface area contributed by atoms with Gasteiger partial charge in [-0.2, -0.15) is 0 Å². The zero-order valence-electron chi connectivity index (χ0n) is 11.6. The van der Waals surface area contributed by atoms with Gasteiger partial charge in [0.25, 0.3) is 0 Å². The Kier molecular flexibility index (Phi) is 4.98. The summed E-state index contributed by atoms with van der Waals surface area (Å²) >= 11 is 0. The molecule has 0 fully saturated rings. The first-order valence-electron chi connectivity index (χ1n) is 6.47. The second-order valence-electron chi connectivity index (χ2n) is 4.50. The van der Waals surface area contributed by atoms with Crippen molar-refractivity contribution in [3.63, 3.8) is 0 Å². The largest absolute Gasteiger partial charge is 0.489 e. The molecule has 0 saturated heterocycles. The Morgan fingerprint density at radius 2 is 1.82 bits per heavy atom. The lowest BCUT2D eigenvalue weighted by Crippen LogP contribution is -2.17. The Hall–Kier alpha value is -3.02. The van der Waals surface area contributed by atoms with Crippen LogP contribution in [0.25, 0.3) is 0 Å². The number of hydrogen-bond donors (Lipinski definition) is 1. The van der Waals surface area contributed by atoms with Crippen molar-refractivity contribution < 1.29 is 24.2 Å². The number of Topliss-reactive ketones (excluding diaryl/α,β-unsaturated/α-hetero) is 2. The molecular formula is C16H13NO5. The molecule has 0 bridgehead atoms. The number of ketones is 2. The van der Waals surface area contributed by atoms with E-state index in [-0.39, 0.29) is 5.56 Å². The van der Waals surface area contributed by atoms with Crippen molar-refractivity contribution in [2.75, 3.05) is 0 Å². The number of nitrogens with zero attached hydrogens (tertiary/aromatic N) is 1. The van der Waals surface area contributed by atoms with Gasteiger partial charge in [-0.05, 0) is 29.8 Å². The van der Waals surface area contributed by atoms with E-state index in [4.69, 9.17) is 9.84 Å². The number of carboxylic acid groups (broad SMARTS) is 1. The number of carbonyl (C=O) groups is 3. The third-order valence-electron chi connectivity index (χ3n) is 2.87. The first kappa shape index (κ1) is 15.4. The molecule has 2 rings (SSSR count). The van der Waals surface area contributed by atoms with E-state index in [0.717, 1.165) is 5.56 Å². The summed E-state index contributed by atoms with van der Waals surface area (Å²) < 4.78 is 5.55. The first-order valence-corrected chi connectivity index (χ1v) is 6.47. The Labute approximate surface area is 126 Å². The van der Waals surface area contributed by atoms with Gasteiger partial charge in [0.2, 0.25) is 5.78 Å². The highest BCUT2D eigenvalue weighted by molar-refractivity contribution is 6.37. The monoisotopic (exact) mass is 299 g/mol. The molecule has 0 aliphatic heterocycles. The van der Waals surface area contributed by atoms with Gasteiger partial charge in [0.05, 0.1) is 6.42 Å². The van der Waals surface area contributed by atoms with E-state index in [1.54, 1.807) is 36.7 Å². The maximum absolute atomic E-state index is 11.8. The van der Waals surface area contributed by atoms with Crippen molar-refractivity contribution >= 4 is 17.5 Å². The number of benzene rings is 1. The summed E-state index contributed by atoms with van der Waals surface area (Å²) in [6.07, 6.45) is 2.63. The lowest BCUT2D eigenvalue weighted by molar-refractivity contribution is -0.148. The number of carbonyl (C=O) groups excluding carboxylic acids is 2. The predicted octanol–water partition coefficient (Wildman–Crippen LogP) is 1.89. The van der Waals surface area contributed by atoms with E-state index in [9.17, 15) is 14.4 Å². The molecule has 0 amide bonds. The summed E-state index contributed by atoms with van der Waals surface area (Å²) in [5.74, 6) is -2.83. The van der Waals surface area contributed by atoms with E-state index < -0.39 is 24.0 Å². The van der Waals surface area contributed by atoms with Crippen LogP contribution in [0.5, 0.6) is 5.75 Å². The fraction of sp³-hybridized carbons (Fsp3) is 0.125. The molecule has 0 spiro atoms. The number of ether oxygens (including phenoxy) is 1. The predicted molar refractivity (Wildman–Crippen MR) is 76.6 cm³/mol. The van der Waals surface area contributed by atoms with Gasteiger partial charge in [-0.1, -0.05) is 12.1 Å². The van der Waals surface area contributed by atoms with E-state index in [0.29, 0.717) is 12.4 Å². The van der Waals surface area contributed by atoms with Crippen molar-refractivity contribution in [2.24, 2.45) is 0 Å². The van der Waals surface area contributed by atoms with Crippen LogP contribution in [-0.2, 0) is 16.2 Å². The van der Waals surface area contributed by atoms with Gasteiger partial charge in [0.1, 0.15) is 12.4 Å². The minimum Gasteiger partial charge on any atom is -0.489 e. The van der Waals surface area contributed by atoms with Crippen LogP contribution in [0, 0.1) is 0 Å². The van der Waals surface area contributed by atoms with Crippen LogP contribution in [0.2, 0.25) is 0 Å². The van der Waals surface area contributed by atoms with Crippen molar-refractivity contribution in [3.05, 3.63) is 59.9 Å². The number of carboxylic acids is 1. The molecule has 1 N–H and O–H groups in total. The molecule has 22 heavy (non-hydrogen) atoms. The second-order valence-corrected chi connectivity index (χ2v) is 4.50. The average Bonchev–Trinajstić information content (AvgIpc) is 2.54. The Bertz CT molecular complexity index is 697. The van der Waals surface area contributed by atoms with E-state index in [1.807, 2.05) is 0 Å². The van der Waals surface area contributed by atoms with Crippen molar-refractivity contribution in [3.8, 4) is 5.75 Å². The topological polar surface area (TPSA) is 93.6 Å². The minimum atomic E-state index is -1.61. The Morgan fingerprint density at radius 1 is 1.09 bits per heavy atom. The number of aromatic nitrogens is 1. The molecule has 0 unspecified atom stereocenters. The van der Waals surface area contributed by atoms with E-state index >= 15 is 0 Å². The van der Waals surface area contributed by atoms with Gasteiger partial charge >= 0.3 is 5.97 Å². The molecule has 0 radical (unpaired) electrons. The number of hydrogen-bond acceptors (Lipinski definition) is 5. The highest BCUT2D eigenvalue weighted by atomic mass is 16.5. The lowest BCUT2D eigenvalue weighted by Gasteiger charge is -2.07. The van der Waals surface area contributed by atoms with E-state index in [2.05, 4.69) is 4.98 Å². The molecule has 6 heteroatoms. The number of aliphatic carboxylic acids is 1. The summed E-state index contributed by atoms with van der Waals surface area (Å²) in [5.41, 5.74) is 1.16. The maximum Gasteiger partial charge on any atom is 0.372 e. The van der Waals surface area contributed by atoms with Crippen molar-refractivity contribution in [1.29, 1.82) is 0 Å². The highest BCUT2D eigenvalue weighted by Crippen LogP contribution is 2.16. The zero-order chi connectivity index (χ0) is 15.9. The molecular weight excluding hydrogens is 286 g/mol. The average molecular weight is 299 g/mol. The molecule has 0 aliphatic rings. The van der Waals surface area contributed by atoms with Crippen molar-refractivity contribution in [1.82, 2.24) is 4.98 Å². The number of pyridine rings is 1. The molecule has 0 saturated carbocycles. The highest BCUT2D eigenvalue weighted by Gasteiger charge is 2.18. The van der Waals surface area contributed by atoms with Gasteiger partial charge in [-0.3, -0.25) is 14.6 Å². The van der Waals surface area contributed by atoms with Gasteiger partial charge < -0.3 is 9.84 Å². The fourth-order valence-electron chi connectivity index (χ4n) is 1.73. The second kappa shape index (κ2) is 7.12. The minimum absolute atomic E-state index is 0.238. The van der Waals surface area contributed by atoms with Gasteiger partial charge in [0, 0.05) is 18.0 Å². The molecule has 112 valence electrons. The van der Waals surface area contributed by atoms with Crippen LogP contribution in [0.15, 0.2) is 48.8 Å². The van der Waals surface area contributed by atoms with Crippen LogP contribution >= 0.6 is 0 Å². The SMILES string of the molecule is O=C(O)C(=O)CC(=O)c1cccc(OCc2ccncc2)c1. The quantitative estimate of drug-likeness (QED) is 0.476. The van der Waals surface area contributed by atoms with E-state index in [1.165, 1.54) is 12.1 Å². The van der Waals surface area contributed by atoms with Gasteiger partial charge in [0.15, 0.2) is 5.78 Å². The molecule has 2 aromatic rings. The third-order valence-corrected chi connectivity index (χ3v) is 2.87. The molecule has 1 aromatic carbocycles. The summed E-state index contributed by atoms with van der Waals surface area (Å²) in [6.45, 7) is 0.314. The smallest absolute Gasteiger partial charge is 0.372 e. The van der Waals surface area contributed by atoms with Crippen molar-refractivity contribution in [2.45, 2.75) is 13.0 Å². The van der Waals surface area contributed by atoms with Crippen LogP contribution in [0.4, 0.5) is 0 Å². The normalized spacial score (nSPS) is 10.0. The number of rotatable bonds is 7. The zero-order valence-corrected chi connectivity index (χ0v) is 11.6. The van der Waals surface area contributed by atoms with Gasteiger partial charge in [-0.25, -0.2) is 4.79 Å². The summed E-state index contributed by atoms with van der Waals surface area (Å²) in [5, 5.41) is 8.51. The maximum atomic E-state index is 11.8. The molecule has 0 aliphatic carbocycles. The lowest BCUT2D eigenvalue weighted by atomic mass is 10.1. The fourth-order valence-corrected chi connectivity index (χ4v) is 1.73. The van der Waals surface area contributed by atoms with Gasteiger partial charge in [-0.15, -0.1) is 0 Å². The molecule has 6 nitrogen and oxygen atoms in total. The molecule has 1 aromatic heterocycles. The summed E-state index contributed by atoms with van der Waals surface area (Å²) in [6, 6.07) is 9.90. The first-order chi connectivity index (χ1) is 10.6. The third kappa shape index (κ3) is 4.24. The Balaban J connectivity index is 2.02. The molecule has 1 heterocycles. The van der Waals surface area contributed by atoms with Crippen LogP contribution in [0.1, 0.15) is 22.3 Å². The Morgan fingerprint density at radius 3 is 2.50 bits per heavy atom. The summed E-state index contributed by atoms with van der Waals surface area (Å²) in [4.78, 5) is 37.3. The standard InChI is InChI=1S/C16H13NO5/c18-14(9-15(19)16(20)21)12-2-1-3-13(8-12)22-10-11-4-6-17-7-5-11/h1-8H,9-10H2,(H,20,21). The van der Waals surface area contributed by atoms with Crippen LogP contribution in [0.3, 0.4) is 0 Å². The van der Waals surface area contributed by atoms with Crippen LogP contribution in [-0.4, -0.2) is 27.6 Å².